The molecule has 6 aliphatic heterocycles. The van der Waals surface area contributed by atoms with Crippen molar-refractivity contribution in [3.63, 3.8) is 0 Å². The molecule has 6 aliphatic rings. The normalized spacial score (nSPS) is 17.0. The van der Waals surface area contributed by atoms with Crippen molar-refractivity contribution in [2.24, 2.45) is 46.4 Å². The Morgan fingerprint density at radius 2 is 1.04 bits per heavy atom. The van der Waals surface area contributed by atoms with E-state index < -0.39 is 54.5 Å². The smallest absolute Gasteiger partial charge is 0.408 e. The first-order chi connectivity index (χ1) is 67.3. The fourth-order valence-electron chi connectivity index (χ4n) is 17.1. The number of fused-ring (bicyclic) bond motifs is 9. The molecule has 142 heavy (non-hydrogen) atoms. The number of pyridine rings is 3. The summed E-state index contributed by atoms with van der Waals surface area (Å²) in [6.45, 7) is 35.9. The number of aryl methyl sites for hydroxylation is 3. The maximum absolute atomic E-state index is 13.0. The number of carbonyl (C=O) groups is 7. The third kappa shape index (κ3) is 23.3. The molecule has 0 bridgehead atoms. The molecule has 19 rings (SSSR count). The van der Waals surface area contributed by atoms with Crippen LogP contribution in [-0.2, 0) is 67.4 Å². The van der Waals surface area contributed by atoms with Gasteiger partial charge >= 0.3 is 18.2 Å². The summed E-state index contributed by atoms with van der Waals surface area (Å²) in [6.07, 6.45) is 13.2. The molecule has 0 aromatic carbocycles. The van der Waals surface area contributed by atoms with Crippen LogP contribution in [0.15, 0.2) is 90.7 Å². The molecule has 41 nitrogen and oxygen atoms in total. The van der Waals surface area contributed by atoms with Crippen LogP contribution in [0.2, 0.25) is 0 Å². The number of hydrogen-bond donors (Lipinski definition) is 8. The molecule has 9 amide bonds. The Hall–Kier alpha value is -14.2. The van der Waals surface area contributed by atoms with Crippen LogP contribution in [0.3, 0.4) is 0 Å². The van der Waals surface area contributed by atoms with E-state index in [2.05, 4.69) is 145 Å². The molecular formula is C94H116F3N31O10S4. The molecule has 0 aliphatic carbocycles. The van der Waals surface area contributed by atoms with Gasteiger partial charge in [0, 0.05) is 139 Å². The van der Waals surface area contributed by atoms with Gasteiger partial charge in [-0.2, -0.15) is 28.5 Å². The van der Waals surface area contributed by atoms with Gasteiger partial charge in [0.1, 0.15) is 114 Å². The number of thiazole rings is 4. The van der Waals surface area contributed by atoms with Crippen LogP contribution in [0.4, 0.5) is 44.7 Å². The fourth-order valence-corrected chi connectivity index (χ4v) is 20.9. The first kappa shape index (κ1) is 102. The molecule has 0 unspecified atom stereocenters. The zero-order chi connectivity index (χ0) is 102. The van der Waals surface area contributed by atoms with Crippen molar-refractivity contribution in [2.75, 3.05) is 66.8 Å². The van der Waals surface area contributed by atoms with Crippen molar-refractivity contribution in [1.82, 2.24) is 108 Å². The monoisotopic (exact) mass is 2020 g/mol. The van der Waals surface area contributed by atoms with Crippen molar-refractivity contribution >= 4 is 109 Å². The zero-order valence-electron chi connectivity index (χ0n) is 81.6. The van der Waals surface area contributed by atoms with Crippen molar-refractivity contribution in [3.05, 3.63) is 124 Å². The van der Waals surface area contributed by atoms with Crippen molar-refractivity contribution < 1.29 is 60.9 Å². The summed E-state index contributed by atoms with van der Waals surface area (Å²) in [7, 11) is 0. The fraction of sp³-hybridized carbons (Fsp3) is 0.457. The number of anilines is 4. The predicted octanol–water partition coefficient (Wildman–Crippen LogP) is 13.2. The second-order valence-corrected chi connectivity index (χ2v) is 41.8. The van der Waals surface area contributed by atoms with Gasteiger partial charge in [-0.3, -0.25) is 49.0 Å². The van der Waals surface area contributed by atoms with Gasteiger partial charge in [-0.25, -0.2) is 64.1 Å². The molecule has 19 heterocycles. The highest BCUT2D eigenvalue weighted by atomic mass is 32.1. The van der Waals surface area contributed by atoms with E-state index in [1.807, 2.05) is 83.3 Å². The van der Waals surface area contributed by atoms with Crippen LogP contribution < -0.4 is 63.7 Å². The number of alkyl halides is 3. The minimum atomic E-state index is -4.44. The SMILES string of the molecule is CC(C)n1nccc1-c1cn2c(n1)-c1cnc(C[C@@H](C)C(N)=O)cc1OCC2.CC(C)n1nccc1-c1cn2c(n1)-c1cnc(NCC(N)=O)cc1OCC2.Cc1nc(-c2cn3c(n2)-c2cnc(N4CCC[C@H]4C(N)=O)cc2OCC3)n(CC(F)(F)F)n1.Cc1nc(NC(=O)N2CC[C@H](C)[C@H]2C(N)=O)sc1-c1csc(C(C)(C)C)n1.Cc1nc(NC(=O)N2C[C@@H](C)C[C@H]2C(N)=O)sc1-c1csc(C(C)(C)C)n1. The van der Waals surface area contributed by atoms with E-state index in [4.69, 9.17) is 62.8 Å². The summed E-state index contributed by atoms with van der Waals surface area (Å²) >= 11 is 6.04. The number of likely N-dealkylation sites (tertiary alicyclic amines) is 2. The van der Waals surface area contributed by atoms with Crippen LogP contribution in [0.25, 0.3) is 89.6 Å². The van der Waals surface area contributed by atoms with E-state index in [0.717, 1.165) is 117 Å². The Balaban J connectivity index is 0.000000134. The Morgan fingerprint density at radius 3 is 1.53 bits per heavy atom. The summed E-state index contributed by atoms with van der Waals surface area (Å²) in [6, 6.07) is 7.61. The summed E-state index contributed by atoms with van der Waals surface area (Å²) in [5.41, 5.74) is 37.4. The highest BCUT2D eigenvalue weighted by molar-refractivity contribution is 7.20. The molecular weight excluding hydrogens is 1910 g/mol. The lowest BCUT2D eigenvalue weighted by Crippen LogP contribution is -2.47. The molecule has 13 aromatic heterocycles. The van der Waals surface area contributed by atoms with E-state index in [0.29, 0.717) is 123 Å². The average Bonchev–Trinajstić information content (AvgIpc) is 1.64. The average molecular weight is 2030 g/mol. The number of carbonyl (C=O) groups excluding carboxylic acids is 7. The highest BCUT2D eigenvalue weighted by Gasteiger charge is 2.41. The molecule has 3 fully saturated rings. The maximum atomic E-state index is 13.0. The van der Waals surface area contributed by atoms with Gasteiger partial charge in [0.05, 0.1) is 96.8 Å². The van der Waals surface area contributed by atoms with Crippen molar-refractivity contribution in [2.45, 2.75) is 216 Å². The van der Waals surface area contributed by atoms with E-state index >= 15 is 0 Å². The van der Waals surface area contributed by atoms with Gasteiger partial charge in [-0.15, -0.1) is 22.7 Å². The molecule has 0 saturated carbocycles. The van der Waals surface area contributed by atoms with Crippen LogP contribution in [0.1, 0.15) is 161 Å². The standard InChI is InChI=1S/C20H21F3N8O2.C20H24N6O2.C18H21N7O2.2C18H25N5O2S2/c1-11-26-19(31(28-11)10-20(21,22)23)13-9-29-5-6-33-15-7-16(25-8-12(15)18(29)27-13)30-4-2-3-14(30)17(24)32;1-12(2)26-17(4-5-23-26)16-11-25-6-7-28-18-9-14(8-13(3)19(21)27)22-10-15(18)20(25)24-16;1-11(2)25-14(3-4-22-25)13-10-24-5-6-27-15-7-17(21-9-16(19)26)20-8-12(15)18(24)23-13;1-9-6-12(14(19)24)23(7-9)17(25)22-16-20-10(2)13(27-16)11-8-26-15(21-11)18(3,4)5;1-9-6-7-23(12(9)14(19)24)17(25)22-16-20-10(2)13(27-16)11-8-26-15(21-11)18(3,4)5/h7-9,14H,2-6,10H2,1H3,(H2,24,32);4-5,9-13H,6-8H2,1-3H3,(H2,21,27);3-4,7-8,10-11H,5-6,9H2,1-2H3,(H2,19,26)(H,20,21);2*8-9,12H,6-7H2,1-5H3,(H2,19,24)(H,20,22,25)/t14-;13-;;2*9-,12-/m01.00/s1. The number of amides is 9. The quantitative estimate of drug-likeness (QED) is 0.0351. The lowest BCUT2D eigenvalue weighted by Gasteiger charge is -2.23. The second-order valence-electron chi connectivity index (χ2n) is 38.1. The molecule has 0 radical (unpaired) electrons. The van der Waals surface area contributed by atoms with Gasteiger partial charge in [-0.05, 0) is 98.1 Å². The molecule has 6 atom stereocenters. The van der Waals surface area contributed by atoms with Gasteiger partial charge in [-0.1, -0.05) is 85.0 Å². The second kappa shape index (κ2) is 42.3. The Morgan fingerprint density at radius 1 is 0.549 bits per heavy atom. The van der Waals surface area contributed by atoms with E-state index in [1.165, 1.54) is 39.4 Å². The lowest BCUT2D eigenvalue weighted by molar-refractivity contribution is -0.142. The number of nitrogens with two attached hydrogens (primary N) is 5. The van der Waals surface area contributed by atoms with Crippen molar-refractivity contribution in [3.8, 4) is 107 Å². The van der Waals surface area contributed by atoms with Gasteiger partial charge in [0.2, 0.25) is 29.5 Å². The number of urea groups is 2. The first-order valence-corrected chi connectivity index (χ1v) is 49.8. The number of ether oxygens (including phenoxy) is 3. The Bertz CT molecular complexity index is 6710. The van der Waals surface area contributed by atoms with Crippen LogP contribution in [0.5, 0.6) is 17.2 Å². The number of hydrogen-bond acceptors (Lipinski definition) is 30. The number of aromatic nitrogens is 20. The third-order valence-electron chi connectivity index (χ3n) is 24.1. The topological polar surface area (TPSA) is 533 Å². The number of rotatable bonds is 20. The Labute approximate surface area is 832 Å². The third-order valence-corrected chi connectivity index (χ3v) is 28.8. The largest absolute Gasteiger partial charge is 0.491 e. The van der Waals surface area contributed by atoms with E-state index in [1.54, 1.807) is 83.5 Å². The molecule has 752 valence electrons. The minimum absolute atomic E-state index is 0.00518. The summed E-state index contributed by atoms with van der Waals surface area (Å²) in [5.74, 6) is 3.33. The summed E-state index contributed by atoms with van der Waals surface area (Å²) in [4.78, 5) is 140. The van der Waals surface area contributed by atoms with Crippen LogP contribution in [-0.4, -0.2) is 220 Å². The lowest BCUT2D eigenvalue weighted by atomic mass is 9.98. The zero-order valence-corrected chi connectivity index (χ0v) is 84.9. The molecule has 48 heteroatoms. The predicted molar refractivity (Wildman–Crippen MR) is 533 cm³/mol. The number of nitrogens with zero attached hydrogens (tertiary/aromatic N) is 23. The van der Waals surface area contributed by atoms with Gasteiger partial charge < -0.3 is 76.6 Å². The molecule has 13 aromatic rings. The number of nitrogens with one attached hydrogen (secondary N) is 3. The number of primary amides is 5. The number of imidazole rings is 3. The number of halogens is 3. The minimum Gasteiger partial charge on any atom is -0.491 e. The molecule has 0 spiro atoms. The highest BCUT2D eigenvalue weighted by Crippen LogP contribution is 2.44. The first-order valence-electron chi connectivity index (χ1n) is 46.4. The molecule has 13 N–H and O–H groups in total. The summed E-state index contributed by atoms with van der Waals surface area (Å²) < 4.78 is 67.4. The Kier molecular flexibility index (Phi) is 30.5. The van der Waals surface area contributed by atoms with Crippen molar-refractivity contribution in [1.29, 1.82) is 0 Å². The summed E-state index contributed by atoms with van der Waals surface area (Å²) in [5, 5.41) is 28.4. The van der Waals surface area contributed by atoms with Gasteiger partial charge in [0.25, 0.3) is 0 Å². The van der Waals surface area contributed by atoms with E-state index in [9.17, 15) is 46.7 Å². The maximum Gasteiger partial charge on any atom is 0.408 e. The molecule has 3 saturated heterocycles. The van der Waals surface area contributed by atoms with Crippen LogP contribution in [0, 0.1) is 38.5 Å². The van der Waals surface area contributed by atoms with Crippen LogP contribution >= 0.6 is 45.3 Å². The van der Waals surface area contributed by atoms with Gasteiger partial charge in [0.15, 0.2) is 16.1 Å². The van der Waals surface area contributed by atoms with E-state index in [-0.39, 0.29) is 82.5 Å².